The summed E-state index contributed by atoms with van der Waals surface area (Å²) in [6.07, 6.45) is 3.63. The maximum atomic E-state index is 4.25. The summed E-state index contributed by atoms with van der Waals surface area (Å²) in [7, 11) is 0. The number of aromatic amines is 1. The van der Waals surface area contributed by atoms with Crippen LogP contribution < -0.4 is 0 Å². The van der Waals surface area contributed by atoms with Crippen molar-refractivity contribution in [1.82, 2.24) is 9.97 Å². The zero-order valence-electron chi connectivity index (χ0n) is 7.87. The summed E-state index contributed by atoms with van der Waals surface area (Å²) in [4.78, 5) is 7.38. The zero-order chi connectivity index (χ0) is 9.97. The third-order valence-corrected chi connectivity index (χ3v) is 2.77. The summed E-state index contributed by atoms with van der Waals surface area (Å²) in [6.45, 7) is 2.14. The number of nitrogens with one attached hydrogen (secondary N) is 1. The highest BCUT2D eigenvalue weighted by molar-refractivity contribution is 9.10. The standard InChI is InChI=1S/C11H11BrN2/c1-8(11-13-5-6-14-11)9-3-2-4-10(12)7-9/h2-8H,1H3,(H,13,14). The van der Waals surface area contributed by atoms with Crippen molar-refractivity contribution in [2.24, 2.45) is 0 Å². The van der Waals surface area contributed by atoms with Gasteiger partial charge in [0.25, 0.3) is 0 Å². The van der Waals surface area contributed by atoms with Crippen molar-refractivity contribution in [3.63, 3.8) is 0 Å². The van der Waals surface area contributed by atoms with Crippen LogP contribution >= 0.6 is 15.9 Å². The lowest BCUT2D eigenvalue weighted by molar-refractivity contribution is 0.839. The van der Waals surface area contributed by atoms with E-state index in [-0.39, 0.29) is 0 Å². The molecule has 1 aromatic heterocycles. The molecule has 1 N–H and O–H groups in total. The molecule has 0 amide bonds. The average molecular weight is 251 g/mol. The van der Waals surface area contributed by atoms with Crippen LogP contribution in [-0.2, 0) is 0 Å². The third kappa shape index (κ3) is 1.87. The number of imidazole rings is 1. The van der Waals surface area contributed by atoms with Gasteiger partial charge in [-0.2, -0.15) is 0 Å². The number of benzene rings is 1. The molecular formula is C11H11BrN2. The van der Waals surface area contributed by atoms with Crippen LogP contribution in [0, 0.1) is 0 Å². The summed E-state index contributed by atoms with van der Waals surface area (Å²) in [5.41, 5.74) is 1.26. The van der Waals surface area contributed by atoms with Gasteiger partial charge in [0.2, 0.25) is 0 Å². The van der Waals surface area contributed by atoms with Crippen LogP contribution in [0.25, 0.3) is 0 Å². The Morgan fingerprint density at radius 2 is 2.29 bits per heavy atom. The van der Waals surface area contributed by atoms with Gasteiger partial charge in [-0.05, 0) is 17.7 Å². The molecule has 72 valence electrons. The molecule has 0 aliphatic heterocycles. The van der Waals surface area contributed by atoms with E-state index in [4.69, 9.17) is 0 Å². The molecule has 2 rings (SSSR count). The number of rotatable bonds is 2. The summed E-state index contributed by atoms with van der Waals surface area (Å²) >= 11 is 3.46. The third-order valence-electron chi connectivity index (χ3n) is 2.28. The first-order valence-electron chi connectivity index (χ1n) is 4.52. The smallest absolute Gasteiger partial charge is 0.113 e. The molecule has 0 spiro atoms. The second kappa shape index (κ2) is 3.96. The second-order valence-corrected chi connectivity index (χ2v) is 4.17. The fraction of sp³-hybridized carbons (Fsp3) is 0.182. The van der Waals surface area contributed by atoms with Gasteiger partial charge in [0, 0.05) is 22.8 Å². The van der Waals surface area contributed by atoms with E-state index in [0.29, 0.717) is 5.92 Å². The predicted octanol–water partition coefficient (Wildman–Crippen LogP) is 3.32. The molecule has 0 saturated heterocycles. The van der Waals surface area contributed by atoms with Gasteiger partial charge < -0.3 is 4.98 Å². The number of H-pyrrole nitrogens is 1. The number of nitrogens with zero attached hydrogens (tertiary/aromatic N) is 1. The van der Waals surface area contributed by atoms with Gasteiger partial charge in [0.05, 0.1) is 0 Å². The number of aromatic nitrogens is 2. The van der Waals surface area contributed by atoms with E-state index in [2.05, 4.69) is 45.0 Å². The van der Waals surface area contributed by atoms with Crippen LogP contribution in [0.3, 0.4) is 0 Å². The molecule has 0 radical (unpaired) electrons. The van der Waals surface area contributed by atoms with E-state index in [1.807, 2.05) is 18.3 Å². The second-order valence-electron chi connectivity index (χ2n) is 3.25. The maximum Gasteiger partial charge on any atom is 0.113 e. The molecule has 2 nitrogen and oxygen atoms in total. The molecule has 1 atom stereocenters. The van der Waals surface area contributed by atoms with E-state index in [0.717, 1.165) is 10.3 Å². The summed E-state index contributed by atoms with van der Waals surface area (Å²) in [6, 6.07) is 8.29. The minimum atomic E-state index is 0.308. The summed E-state index contributed by atoms with van der Waals surface area (Å²) in [5.74, 6) is 1.31. The zero-order valence-corrected chi connectivity index (χ0v) is 9.45. The number of halogens is 1. The van der Waals surface area contributed by atoms with Crippen molar-refractivity contribution in [1.29, 1.82) is 0 Å². The van der Waals surface area contributed by atoms with E-state index >= 15 is 0 Å². The highest BCUT2D eigenvalue weighted by Gasteiger charge is 2.09. The molecular weight excluding hydrogens is 240 g/mol. The molecule has 0 saturated carbocycles. The topological polar surface area (TPSA) is 28.7 Å². The van der Waals surface area contributed by atoms with Crippen molar-refractivity contribution in [3.05, 3.63) is 52.5 Å². The lowest BCUT2D eigenvalue weighted by atomic mass is 10.0. The van der Waals surface area contributed by atoms with Gasteiger partial charge in [0.1, 0.15) is 5.82 Å². The number of hydrogen-bond donors (Lipinski definition) is 1. The monoisotopic (exact) mass is 250 g/mol. The molecule has 1 aromatic carbocycles. The van der Waals surface area contributed by atoms with Gasteiger partial charge in [-0.1, -0.05) is 35.0 Å². The Kier molecular flexibility index (Phi) is 2.68. The Morgan fingerprint density at radius 3 is 2.93 bits per heavy atom. The highest BCUT2D eigenvalue weighted by atomic mass is 79.9. The molecule has 0 aliphatic carbocycles. The molecule has 3 heteroatoms. The average Bonchev–Trinajstić information content (AvgIpc) is 2.69. The predicted molar refractivity (Wildman–Crippen MR) is 60.2 cm³/mol. The number of hydrogen-bond acceptors (Lipinski definition) is 1. The first-order chi connectivity index (χ1) is 6.77. The summed E-state index contributed by atoms with van der Waals surface area (Å²) in [5, 5.41) is 0. The Labute approximate surface area is 91.5 Å². The van der Waals surface area contributed by atoms with Gasteiger partial charge in [-0.25, -0.2) is 4.98 Å². The van der Waals surface area contributed by atoms with E-state index in [9.17, 15) is 0 Å². The van der Waals surface area contributed by atoms with Crippen molar-refractivity contribution in [2.45, 2.75) is 12.8 Å². The normalized spacial score (nSPS) is 12.7. The molecule has 0 fully saturated rings. The first-order valence-corrected chi connectivity index (χ1v) is 5.31. The van der Waals surface area contributed by atoms with E-state index in [1.165, 1.54) is 5.56 Å². The van der Waals surface area contributed by atoms with Gasteiger partial charge in [-0.3, -0.25) is 0 Å². The van der Waals surface area contributed by atoms with Crippen LogP contribution in [0.5, 0.6) is 0 Å². The Bertz CT molecular complexity index is 409. The van der Waals surface area contributed by atoms with Gasteiger partial charge in [0.15, 0.2) is 0 Å². The lowest BCUT2D eigenvalue weighted by Gasteiger charge is -2.08. The molecule has 0 aliphatic rings. The van der Waals surface area contributed by atoms with Crippen molar-refractivity contribution in [2.75, 3.05) is 0 Å². The van der Waals surface area contributed by atoms with E-state index in [1.54, 1.807) is 6.20 Å². The van der Waals surface area contributed by atoms with E-state index < -0.39 is 0 Å². The molecule has 1 heterocycles. The molecule has 2 aromatic rings. The minimum Gasteiger partial charge on any atom is -0.348 e. The SMILES string of the molecule is CC(c1cccc(Br)c1)c1ncc[nH]1. The minimum absolute atomic E-state index is 0.308. The Hall–Kier alpha value is -1.09. The first kappa shape index (κ1) is 9.46. The maximum absolute atomic E-state index is 4.25. The van der Waals surface area contributed by atoms with Crippen molar-refractivity contribution in [3.8, 4) is 0 Å². The van der Waals surface area contributed by atoms with Crippen molar-refractivity contribution < 1.29 is 0 Å². The molecule has 14 heavy (non-hydrogen) atoms. The quantitative estimate of drug-likeness (QED) is 0.871. The van der Waals surface area contributed by atoms with Crippen LogP contribution in [0.15, 0.2) is 41.1 Å². The Balaban J connectivity index is 2.32. The van der Waals surface area contributed by atoms with Crippen LogP contribution in [-0.4, -0.2) is 9.97 Å². The van der Waals surface area contributed by atoms with Crippen LogP contribution in [0.2, 0.25) is 0 Å². The molecule has 0 bridgehead atoms. The van der Waals surface area contributed by atoms with Crippen molar-refractivity contribution >= 4 is 15.9 Å². The highest BCUT2D eigenvalue weighted by Crippen LogP contribution is 2.23. The lowest BCUT2D eigenvalue weighted by Crippen LogP contribution is -1.97. The van der Waals surface area contributed by atoms with Gasteiger partial charge >= 0.3 is 0 Å². The fourth-order valence-electron chi connectivity index (χ4n) is 1.45. The fourth-order valence-corrected chi connectivity index (χ4v) is 1.87. The Morgan fingerprint density at radius 1 is 1.43 bits per heavy atom. The van der Waals surface area contributed by atoms with Crippen LogP contribution in [0.4, 0.5) is 0 Å². The summed E-state index contributed by atoms with van der Waals surface area (Å²) < 4.78 is 1.11. The van der Waals surface area contributed by atoms with Gasteiger partial charge in [-0.15, -0.1) is 0 Å². The largest absolute Gasteiger partial charge is 0.348 e. The van der Waals surface area contributed by atoms with Crippen LogP contribution in [0.1, 0.15) is 24.2 Å². The molecule has 1 unspecified atom stereocenters.